The van der Waals surface area contributed by atoms with Gasteiger partial charge in [0.05, 0.1) is 11.8 Å². The molecule has 2 rings (SSSR count). The molecular formula is C11H16N2O3. The van der Waals surface area contributed by atoms with Crippen molar-refractivity contribution < 1.29 is 14.4 Å². The monoisotopic (exact) mass is 224 g/mol. The molecular weight excluding hydrogens is 208 g/mol. The number of piperidine rings is 1. The Morgan fingerprint density at radius 1 is 1.44 bits per heavy atom. The topological polar surface area (TPSA) is 66.6 Å². The van der Waals surface area contributed by atoms with Crippen molar-refractivity contribution in [2.75, 3.05) is 13.1 Å². The summed E-state index contributed by atoms with van der Waals surface area (Å²) in [5.74, 6) is 0.525. The van der Waals surface area contributed by atoms with E-state index >= 15 is 0 Å². The number of amides is 1. The third kappa shape index (κ3) is 1.95. The fraction of sp³-hybridized carbons (Fsp3) is 0.636. The van der Waals surface area contributed by atoms with Gasteiger partial charge in [-0.1, -0.05) is 5.16 Å². The molecule has 88 valence electrons. The number of carbonyl (C=O) groups excluding carboxylic acids is 1. The Morgan fingerprint density at radius 3 is 2.56 bits per heavy atom. The van der Waals surface area contributed by atoms with Crippen LogP contribution in [-0.4, -0.2) is 40.3 Å². The molecule has 0 unspecified atom stereocenters. The zero-order valence-electron chi connectivity index (χ0n) is 9.56. The average Bonchev–Trinajstić information content (AvgIpc) is 2.59. The molecule has 0 radical (unpaired) electrons. The van der Waals surface area contributed by atoms with Crippen LogP contribution in [0.3, 0.4) is 0 Å². The lowest BCUT2D eigenvalue weighted by atomic mass is 10.1. The third-order valence-corrected chi connectivity index (χ3v) is 3.00. The van der Waals surface area contributed by atoms with Gasteiger partial charge in [-0.3, -0.25) is 4.79 Å². The molecule has 2 heterocycles. The van der Waals surface area contributed by atoms with Crippen LogP contribution < -0.4 is 0 Å². The number of rotatable bonds is 1. The number of aromatic nitrogens is 1. The Hall–Kier alpha value is -1.36. The van der Waals surface area contributed by atoms with Crippen molar-refractivity contribution >= 4 is 5.91 Å². The van der Waals surface area contributed by atoms with E-state index in [0.29, 0.717) is 42.9 Å². The molecule has 5 nitrogen and oxygen atoms in total. The van der Waals surface area contributed by atoms with Gasteiger partial charge in [0.1, 0.15) is 11.3 Å². The number of aryl methyl sites for hydroxylation is 2. The Labute approximate surface area is 94.0 Å². The molecule has 16 heavy (non-hydrogen) atoms. The highest BCUT2D eigenvalue weighted by Crippen LogP contribution is 2.18. The normalized spacial score (nSPS) is 17.8. The van der Waals surface area contributed by atoms with Gasteiger partial charge in [0.2, 0.25) is 0 Å². The average molecular weight is 224 g/mol. The Morgan fingerprint density at radius 2 is 2.06 bits per heavy atom. The number of aliphatic hydroxyl groups excluding tert-OH is 1. The molecule has 1 aromatic heterocycles. The van der Waals surface area contributed by atoms with Crippen molar-refractivity contribution in [3.8, 4) is 0 Å². The van der Waals surface area contributed by atoms with E-state index in [2.05, 4.69) is 5.16 Å². The van der Waals surface area contributed by atoms with E-state index in [1.54, 1.807) is 18.7 Å². The van der Waals surface area contributed by atoms with Gasteiger partial charge in [-0.25, -0.2) is 0 Å². The fourth-order valence-electron chi connectivity index (χ4n) is 2.02. The van der Waals surface area contributed by atoms with Crippen molar-refractivity contribution in [2.45, 2.75) is 32.8 Å². The van der Waals surface area contributed by atoms with Crippen molar-refractivity contribution in [2.24, 2.45) is 0 Å². The van der Waals surface area contributed by atoms with Crippen molar-refractivity contribution in [1.29, 1.82) is 0 Å². The predicted molar refractivity (Wildman–Crippen MR) is 57.1 cm³/mol. The Balaban J connectivity index is 2.14. The van der Waals surface area contributed by atoms with Gasteiger partial charge >= 0.3 is 0 Å². The fourth-order valence-corrected chi connectivity index (χ4v) is 2.02. The zero-order chi connectivity index (χ0) is 11.7. The molecule has 0 saturated carbocycles. The molecule has 0 atom stereocenters. The zero-order valence-corrected chi connectivity index (χ0v) is 9.56. The van der Waals surface area contributed by atoms with Gasteiger partial charge in [0, 0.05) is 13.1 Å². The molecule has 0 aromatic carbocycles. The van der Waals surface area contributed by atoms with E-state index in [9.17, 15) is 9.90 Å². The summed E-state index contributed by atoms with van der Waals surface area (Å²) in [5, 5.41) is 13.2. The molecule has 1 N–H and O–H groups in total. The van der Waals surface area contributed by atoms with Crippen molar-refractivity contribution in [3.63, 3.8) is 0 Å². The molecule has 1 fully saturated rings. The molecule has 1 aromatic rings. The summed E-state index contributed by atoms with van der Waals surface area (Å²) >= 11 is 0. The highest BCUT2D eigenvalue weighted by molar-refractivity contribution is 5.96. The lowest BCUT2D eigenvalue weighted by molar-refractivity contribution is 0.0544. The van der Waals surface area contributed by atoms with Crippen LogP contribution in [0.4, 0.5) is 0 Å². The summed E-state index contributed by atoms with van der Waals surface area (Å²) in [5.41, 5.74) is 1.20. The van der Waals surface area contributed by atoms with Crippen LogP contribution in [0.2, 0.25) is 0 Å². The van der Waals surface area contributed by atoms with Gasteiger partial charge in [0.25, 0.3) is 5.91 Å². The summed E-state index contributed by atoms with van der Waals surface area (Å²) in [6, 6.07) is 0. The maximum Gasteiger partial charge on any atom is 0.259 e. The van der Waals surface area contributed by atoms with Gasteiger partial charge in [-0.05, 0) is 26.7 Å². The van der Waals surface area contributed by atoms with Gasteiger partial charge in [-0.2, -0.15) is 0 Å². The lowest BCUT2D eigenvalue weighted by Crippen LogP contribution is -2.40. The van der Waals surface area contributed by atoms with Crippen LogP contribution in [0.25, 0.3) is 0 Å². The standard InChI is InChI=1S/C11H16N2O3/c1-7-10(8(2)16-12-7)11(15)13-5-3-9(14)4-6-13/h9,14H,3-6H2,1-2H3. The maximum absolute atomic E-state index is 12.2. The Kier molecular flexibility index (Phi) is 2.96. The number of nitrogens with zero attached hydrogens (tertiary/aromatic N) is 2. The molecule has 1 saturated heterocycles. The van der Waals surface area contributed by atoms with E-state index in [-0.39, 0.29) is 12.0 Å². The lowest BCUT2D eigenvalue weighted by Gasteiger charge is -2.29. The van der Waals surface area contributed by atoms with E-state index in [4.69, 9.17) is 4.52 Å². The van der Waals surface area contributed by atoms with E-state index in [1.165, 1.54) is 0 Å². The molecule has 1 amide bonds. The van der Waals surface area contributed by atoms with E-state index in [0.717, 1.165) is 0 Å². The molecule has 0 aliphatic carbocycles. The summed E-state index contributed by atoms with van der Waals surface area (Å²) < 4.78 is 4.98. The second kappa shape index (κ2) is 4.25. The van der Waals surface area contributed by atoms with Gasteiger partial charge in [0.15, 0.2) is 0 Å². The molecule has 0 spiro atoms. The molecule has 0 bridgehead atoms. The summed E-state index contributed by atoms with van der Waals surface area (Å²) in [6.45, 7) is 4.71. The summed E-state index contributed by atoms with van der Waals surface area (Å²) in [4.78, 5) is 13.9. The minimum atomic E-state index is -0.270. The molecule has 5 heteroatoms. The highest BCUT2D eigenvalue weighted by Gasteiger charge is 2.26. The van der Waals surface area contributed by atoms with Gasteiger partial charge < -0.3 is 14.5 Å². The minimum Gasteiger partial charge on any atom is -0.393 e. The maximum atomic E-state index is 12.2. The smallest absolute Gasteiger partial charge is 0.259 e. The highest BCUT2D eigenvalue weighted by atomic mass is 16.5. The quantitative estimate of drug-likeness (QED) is 0.769. The van der Waals surface area contributed by atoms with Crippen LogP contribution in [-0.2, 0) is 0 Å². The second-order valence-corrected chi connectivity index (χ2v) is 4.22. The number of aliphatic hydroxyl groups is 1. The first-order chi connectivity index (χ1) is 7.59. The predicted octanol–water partition coefficient (Wildman–Crippen LogP) is 0.888. The van der Waals surface area contributed by atoms with E-state index < -0.39 is 0 Å². The number of hydrogen-bond donors (Lipinski definition) is 1. The van der Waals surface area contributed by atoms with Crippen molar-refractivity contribution in [1.82, 2.24) is 10.1 Å². The summed E-state index contributed by atoms with van der Waals surface area (Å²) in [7, 11) is 0. The van der Waals surface area contributed by atoms with Crippen LogP contribution in [0.15, 0.2) is 4.52 Å². The van der Waals surface area contributed by atoms with Crippen LogP contribution >= 0.6 is 0 Å². The second-order valence-electron chi connectivity index (χ2n) is 4.22. The van der Waals surface area contributed by atoms with Crippen molar-refractivity contribution in [3.05, 3.63) is 17.0 Å². The summed E-state index contributed by atoms with van der Waals surface area (Å²) in [6.07, 6.45) is 1.03. The third-order valence-electron chi connectivity index (χ3n) is 3.00. The number of hydrogen-bond acceptors (Lipinski definition) is 4. The van der Waals surface area contributed by atoms with Crippen LogP contribution in [0.5, 0.6) is 0 Å². The molecule has 1 aliphatic heterocycles. The Bertz CT molecular complexity index is 372. The first-order valence-electron chi connectivity index (χ1n) is 5.50. The largest absolute Gasteiger partial charge is 0.393 e. The first kappa shape index (κ1) is 11.1. The SMILES string of the molecule is Cc1noc(C)c1C(=O)N1CCC(O)CC1. The van der Waals surface area contributed by atoms with Gasteiger partial charge in [-0.15, -0.1) is 0 Å². The number of likely N-dealkylation sites (tertiary alicyclic amines) is 1. The van der Waals surface area contributed by atoms with E-state index in [1.807, 2.05) is 0 Å². The first-order valence-corrected chi connectivity index (χ1v) is 5.50. The minimum absolute atomic E-state index is 0.0387. The van der Waals surface area contributed by atoms with Crippen LogP contribution in [0.1, 0.15) is 34.7 Å². The van der Waals surface area contributed by atoms with Crippen LogP contribution in [0, 0.1) is 13.8 Å². The molecule has 1 aliphatic rings. The number of carbonyl (C=O) groups is 1.